The number of carboxylic acid groups (broad SMARTS) is 2. The van der Waals surface area contributed by atoms with Gasteiger partial charge in [-0.15, -0.1) is 0 Å². The Balaban J connectivity index is 2.06. The number of aliphatic carboxylic acids is 1. The van der Waals surface area contributed by atoms with Gasteiger partial charge in [0.1, 0.15) is 12.0 Å². The fraction of sp³-hybridized carbons (Fsp3) is 0.382. The van der Waals surface area contributed by atoms with Crippen LogP contribution in [0.2, 0.25) is 0 Å². The molecule has 0 bridgehead atoms. The average Bonchev–Trinajstić information content (AvgIpc) is 2.99. The summed E-state index contributed by atoms with van der Waals surface area (Å²) >= 11 is 0. The van der Waals surface area contributed by atoms with Crippen LogP contribution in [0, 0.1) is 17.8 Å². The Kier molecular flexibility index (Phi) is 12.1. The third-order valence-corrected chi connectivity index (χ3v) is 7.69. The highest BCUT2D eigenvalue weighted by Gasteiger charge is 2.46. The Morgan fingerprint density at radius 3 is 2.02 bits per heavy atom. The normalized spacial score (nSPS) is 14.7. The molecular formula is C34H41N3O9. The number of nitrogens with zero attached hydrogens (tertiary/aromatic N) is 1. The number of hydrogen-bond donors (Lipinski definition) is 6. The van der Waals surface area contributed by atoms with Crippen LogP contribution in [0.4, 0.5) is 0 Å². The van der Waals surface area contributed by atoms with Gasteiger partial charge in [0, 0.05) is 6.04 Å². The number of aliphatic hydroxyl groups is 2. The van der Waals surface area contributed by atoms with Crippen LogP contribution in [-0.2, 0) is 25.6 Å². The molecule has 0 heterocycles. The minimum atomic E-state index is -2.06. The summed E-state index contributed by atoms with van der Waals surface area (Å²) in [6.45, 7) is 6.65. The van der Waals surface area contributed by atoms with Gasteiger partial charge in [-0.25, -0.2) is 14.6 Å². The molecule has 2 unspecified atom stereocenters. The van der Waals surface area contributed by atoms with Crippen molar-refractivity contribution in [1.29, 1.82) is 0 Å². The van der Waals surface area contributed by atoms with Gasteiger partial charge in [-0.1, -0.05) is 82.3 Å². The molecule has 3 aromatic carbocycles. The summed E-state index contributed by atoms with van der Waals surface area (Å²) < 4.78 is 0. The van der Waals surface area contributed by atoms with Crippen LogP contribution < -0.4 is 11.2 Å². The van der Waals surface area contributed by atoms with E-state index >= 15 is 0 Å². The number of Topliss-reactive ketones (excluding diaryl/α,β-unsaturated/α-hetero) is 1. The summed E-state index contributed by atoms with van der Waals surface area (Å²) in [4.78, 5) is 65.2. The topological polar surface area (TPSA) is 208 Å². The molecule has 3 rings (SSSR count). The maximum atomic E-state index is 14.3. The predicted molar refractivity (Wildman–Crippen MR) is 169 cm³/mol. The van der Waals surface area contributed by atoms with Crippen molar-refractivity contribution in [3.05, 3.63) is 83.4 Å². The van der Waals surface area contributed by atoms with E-state index in [0.29, 0.717) is 21.3 Å². The fourth-order valence-corrected chi connectivity index (χ4v) is 5.41. The fourth-order valence-electron chi connectivity index (χ4n) is 5.41. The number of nitrogens with one attached hydrogen (secondary N) is 1. The molecule has 0 aliphatic rings. The molecule has 0 aliphatic carbocycles. The van der Waals surface area contributed by atoms with Crippen molar-refractivity contribution in [2.45, 2.75) is 64.8 Å². The number of ketones is 1. The van der Waals surface area contributed by atoms with E-state index in [1.165, 1.54) is 44.2 Å². The number of benzene rings is 3. The summed E-state index contributed by atoms with van der Waals surface area (Å²) in [5, 5.41) is 43.8. The van der Waals surface area contributed by atoms with Gasteiger partial charge < -0.3 is 26.2 Å². The lowest BCUT2D eigenvalue weighted by Gasteiger charge is -2.36. The van der Waals surface area contributed by atoms with Crippen molar-refractivity contribution in [3.63, 3.8) is 0 Å². The highest BCUT2D eigenvalue weighted by atomic mass is 16.4. The first kappa shape index (κ1) is 35.8. The van der Waals surface area contributed by atoms with E-state index in [9.17, 15) is 39.3 Å². The van der Waals surface area contributed by atoms with Crippen molar-refractivity contribution in [2.75, 3.05) is 0 Å². The second kappa shape index (κ2) is 15.6. The lowest BCUT2D eigenvalue weighted by atomic mass is 9.83. The Morgan fingerprint density at radius 1 is 0.848 bits per heavy atom. The number of carboxylic acids is 2. The molecule has 0 saturated heterocycles. The van der Waals surface area contributed by atoms with Crippen molar-refractivity contribution >= 4 is 40.3 Å². The molecule has 0 aromatic heterocycles. The van der Waals surface area contributed by atoms with Crippen LogP contribution >= 0.6 is 0 Å². The number of nitrogens with two attached hydrogens (primary N) is 1. The van der Waals surface area contributed by atoms with Gasteiger partial charge in [0.25, 0.3) is 5.91 Å². The number of aliphatic hydroxyl groups excluding tert-OH is 2. The predicted octanol–water partition coefficient (Wildman–Crippen LogP) is 2.70. The molecule has 5 atom stereocenters. The van der Waals surface area contributed by atoms with Gasteiger partial charge in [0.2, 0.25) is 5.91 Å². The SMILES string of the molecule is CC(C)C[C@H](N)[C@@H](O)C(C(=O)C(O)c1cccc2ccccc12)C(=O)N(NC(=O)Cc1ccc(C(=O)O)cc1)[C@H](C(=O)O)C(C)C. The maximum Gasteiger partial charge on any atom is 0.335 e. The van der Waals surface area contributed by atoms with Gasteiger partial charge in [-0.3, -0.25) is 19.8 Å². The molecule has 0 saturated carbocycles. The molecule has 12 nitrogen and oxygen atoms in total. The van der Waals surface area contributed by atoms with Crippen molar-refractivity contribution < 1.29 is 44.4 Å². The Morgan fingerprint density at radius 2 is 1.46 bits per heavy atom. The first-order valence-electron chi connectivity index (χ1n) is 14.9. The zero-order chi connectivity index (χ0) is 34.3. The van der Waals surface area contributed by atoms with E-state index in [1.807, 2.05) is 13.8 Å². The smallest absolute Gasteiger partial charge is 0.335 e. The molecule has 46 heavy (non-hydrogen) atoms. The Labute approximate surface area is 266 Å². The van der Waals surface area contributed by atoms with Gasteiger partial charge in [0.05, 0.1) is 18.1 Å². The number of carbonyl (C=O) groups excluding carboxylic acids is 3. The Bertz CT molecular complexity index is 1570. The van der Waals surface area contributed by atoms with E-state index < -0.39 is 65.7 Å². The summed E-state index contributed by atoms with van der Waals surface area (Å²) in [5.74, 6) is -8.76. The van der Waals surface area contributed by atoms with Crippen molar-refractivity contribution in [3.8, 4) is 0 Å². The molecule has 3 aromatic rings. The highest BCUT2D eigenvalue weighted by molar-refractivity contribution is 6.07. The zero-order valence-electron chi connectivity index (χ0n) is 26.2. The minimum Gasteiger partial charge on any atom is -0.480 e. The summed E-state index contributed by atoms with van der Waals surface area (Å²) in [6.07, 6.45) is -3.95. The van der Waals surface area contributed by atoms with Gasteiger partial charge in [0.15, 0.2) is 11.8 Å². The third kappa shape index (κ3) is 8.53. The first-order valence-corrected chi connectivity index (χ1v) is 14.9. The molecule has 0 spiro atoms. The molecule has 2 amide bonds. The molecular weight excluding hydrogens is 594 g/mol. The number of hydrazine groups is 1. The number of hydrogen-bond acceptors (Lipinski definition) is 8. The van der Waals surface area contributed by atoms with Crippen molar-refractivity contribution in [2.24, 2.45) is 23.5 Å². The van der Waals surface area contributed by atoms with Crippen LogP contribution in [0.15, 0.2) is 66.7 Å². The number of amides is 2. The van der Waals surface area contributed by atoms with E-state index in [0.717, 1.165) is 0 Å². The van der Waals surface area contributed by atoms with Crippen LogP contribution in [0.25, 0.3) is 10.8 Å². The molecule has 0 radical (unpaired) electrons. The number of rotatable bonds is 14. The Hall–Kier alpha value is -4.65. The van der Waals surface area contributed by atoms with Crippen LogP contribution in [0.5, 0.6) is 0 Å². The van der Waals surface area contributed by atoms with E-state index in [1.54, 1.807) is 36.4 Å². The minimum absolute atomic E-state index is 0.00968. The largest absolute Gasteiger partial charge is 0.480 e. The lowest BCUT2D eigenvalue weighted by molar-refractivity contribution is -0.166. The van der Waals surface area contributed by atoms with Crippen LogP contribution in [0.1, 0.15) is 61.7 Å². The number of fused-ring (bicyclic) bond motifs is 1. The van der Waals surface area contributed by atoms with E-state index in [2.05, 4.69) is 5.43 Å². The number of carbonyl (C=O) groups is 5. The molecule has 0 aliphatic heterocycles. The molecule has 0 fully saturated rings. The molecule has 7 N–H and O–H groups in total. The summed E-state index contributed by atoms with van der Waals surface area (Å²) in [7, 11) is 0. The quantitative estimate of drug-likeness (QED) is 0.113. The molecule has 12 heteroatoms. The van der Waals surface area contributed by atoms with E-state index in [-0.39, 0.29) is 29.9 Å². The second-order valence-electron chi connectivity index (χ2n) is 12.1. The van der Waals surface area contributed by atoms with Crippen LogP contribution in [0.3, 0.4) is 0 Å². The van der Waals surface area contributed by atoms with Gasteiger partial charge >= 0.3 is 11.9 Å². The first-order chi connectivity index (χ1) is 21.6. The standard InChI is InChI=1S/C34H41N3O9/c1-18(2)16-25(35)30(40)27(31(41)29(39)24-11-7-9-21-8-5-6-10-23(21)24)32(42)37(28(19(3)4)34(45)46)36-26(38)17-20-12-14-22(15-13-20)33(43)44/h5-15,18-19,25,27-30,39-40H,16-17,35H2,1-4H3,(H,36,38)(H,43,44)(H,45,46)/t25-,27?,28-,29?,30+/m0/s1. The zero-order valence-corrected chi connectivity index (χ0v) is 26.2. The van der Waals surface area contributed by atoms with Crippen molar-refractivity contribution in [1.82, 2.24) is 10.4 Å². The third-order valence-electron chi connectivity index (χ3n) is 7.69. The van der Waals surface area contributed by atoms with E-state index in [4.69, 9.17) is 10.8 Å². The maximum absolute atomic E-state index is 14.3. The van der Waals surface area contributed by atoms with Crippen LogP contribution in [-0.4, -0.2) is 73.2 Å². The summed E-state index contributed by atoms with van der Waals surface area (Å²) in [5.41, 5.74) is 9.09. The average molecular weight is 636 g/mol. The monoisotopic (exact) mass is 635 g/mol. The summed E-state index contributed by atoms with van der Waals surface area (Å²) in [6, 6.07) is 14.4. The number of aromatic carboxylic acids is 1. The highest BCUT2D eigenvalue weighted by Crippen LogP contribution is 2.30. The molecule has 246 valence electrons. The van der Waals surface area contributed by atoms with Gasteiger partial charge in [-0.05, 0) is 52.3 Å². The lowest BCUT2D eigenvalue weighted by Crippen LogP contribution is -2.62. The van der Waals surface area contributed by atoms with Gasteiger partial charge in [-0.2, -0.15) is 0 Å². The second-order valence-corrected chi connectivity index (χ2v) is 12.1.